The van der Waals surface area contributed by atoms with Crippen molar-refractivity contribution < 1.29 is 9.53 Å². The van der Waals surface area contributed by atoms with Gasteiger partial charge in [-0.2, -0.15) is 0 Å². The smallest absolute Gasteiger partial charge is 0.261 e. The van der Waals surface area contributed by atoms with Crippen LogP contribution in [0.2, 0.25) is 5.02 Å². The molecule has 4 heteroatoms. The van der Waals surface area contributed by atoms with Crippen LogP contribution >= 0.6 is 11.6 Å². The first-order valence-corrected chi connectivity index (χ1v) is 8.23. The highest BCUT2D eigenvalue weighted by Crippen LogP contribution is 2.25. The van der Waals surface area contributed by atoms with Crippen LogP contribution in [0, 0.1) is 0 Å². The van der Waals surface area contributed by atoms with E-state index in [2.05, 4.69) is 24.4 Å². The number of hydrogen-bond acceptors (Lipinski definition) is 2. The number of halogens is 1. The van der Waals surface area contributed by atoms with Gasteiger partial charge in [0.05, 0.1) is 5.02 Å². The van der Waals surface area contributed by atoms with Gasteiger partial charge in [-0.1, -0.05) is 67.9 Å². The summed E-state index contributed by atoms with van der Waals surface area (Å²) in [5, 5.41) is 3.48. The molecule has 23 heavy (non-hydrogen) atoms. The molecule has 2 atom stereocenters. The molecule has 0 spiro atoms. The summed E-state index contributed by atoms with van der Waals surface area (Å²) in [5.74, 6) is 0.667. The number of rotatable bonds is 7. The monoisotopic (exact) mass is 331 g/mol. The lowest BCUT2D eigenvalue weighted by Crippen LogP contribution is -2.39. The number of carbonyl (C=O) groups excluding carboxylic acids is 1. The van der Waals surface area contributed by atoms with E-state index in [-0.39, 0.29) is 11.8 Å². The molecule has 2 aromatic carbocycles. The summed E-state index contributed by atoms with van der Waals surface area (Å²) in [5.41, 5.74) is 1.20. The predicted molar refractivity (Wildman–Crippen MR) is 94.0 cm³/mol. The maximum atomic E-state index is 12.3. The maximum absolute atomic E-state index is 12.3. The summed E-state index contributed by atoms with van der Waals surface area (Å²) in [7, 11) is 0. The fraction of sp³-hybridized carbons (Fsp3) is 0.316. The lowest BCUT2D eigenvalue weighted by atomic mass is 10.0. The quantitative estimate of drug-likeness (QED) is 0.815. The number of hydrogen-bond donors (Lipinski definition) is 1. The molecule has 0 aliphatic carbocycles. The summed E-state index contributed by atoms with van der Waals surface area (Å²) >= 11 is 6.08. The minimum Gasteiger partial charge on any atom is -0.479 e. The van der Waals surface area contributed by atoms with Crippen molar-refractivity contribution >= 4 is 17.5 Å². The van der Waals surface area contributed by atoms with Gasteiger partial charge in [-0.3, -0.25) is 4.79 Å². The van der Waals surface area contributed by atoms with Crippen LogP contribution in [0.15, 0.2) is 54.6 Å². The largest absolute Gasteiger partial charge is 0.479 e. The van der Waals surface area contributed by atoms with Gasteiger partial charge in [-0.15, -0.1) is 0 Å². The lowest BCUT2D eigenvalue weighted by molar-refractivity contribution is -0.128. The van der Waals surface area contributed by atoms with Gasteiger partial charge in [0.1, 0.15) is 5.75 Å². The SMILES string of the molecule is CC[C@H](Oc1ccccc1Cl)C(=O)NC[C@H](C)c1ccccc1. The third kappa shape index (κ3) is 5.00. The Bertz CT molecular complexity index is 630. The second-order valence-corrected chi connectivity index (χ2v) is 5.91. The van der Waals surface area contributed by atoms with E-state index in [1.807, 2.05) is 37.3 Å². The highest BCUT2D eigenvalue weighted by molar-refractivity contribution is 6.32. The Labute approximate surface area is 142 Å². The highest BCUT2D eigenvalue weighted by Gasteiger charge is 2.20. The van der Waals surface area contributed by atoms with Crippen molar-refractivity contribution in [2.24, 2.45) is 0 Å². The van der Waals surface area contributed by atoms with Crippen molar-refractivity contribution in [1.82, 2.24) is 5.32 Å². The van der Waals surface area contributed by atoms with Crippen molar-refractivity contribution in [3.63, 3.8) is 0 Å². The van der Waals surface area contributed by atoms with Crippen LogP contribution in [0.4, 0.5) is 0 Å². The first kappa shape index (κ1) is 17.4. The highest BCUT2D eigenvalue weighted by atomic mass is 35.5. The van der Waals surface area contributed by atoms with Gasteiger partial charge in [0.15, 0.2) is 6.10 Å². The molecule has 0 saturated carbocycles. The summed E-state index contributed by atoms with van der Waals surface area (Å²) in [6.45, 7) is 4.58. The van der Waals surface area contributed by atoms with Crippen molar-refractivity contribution in [3.05, 3.63) is 65.2 Å². The van der Waals surface area contributed by atoms with Gasteiger partial charge < -0.3 is 10.1 Å². The average molecular weight is 332 g/mol. The van der Waals surface area contributed by atoms with Crippen LogP contribution in [0.5, 0.6) is 5.75 Å². The number of ether oxygens (including phenoxy) is 1. The van der Waals surface area contributed by atoms with Gasteiger partial charge in [-0.25, -0.2) is 0 Å². The van der Waals surface area contributed by atoms with Gasteiger partial charge in [0.2, 0.25) is 0 Å². The number of carbonyl (C=O) groups is 1. The molecule has 0 radical (unpaired) electrons. The fourth-order valence-electron chi connectivity index (χ4n) is 2.28. The van der Waals surface area contributed by atoms with E-state index in [1.165, 1.54) is 5.56 Å². The van der Waals surface area contributed by atoms with E-state index in [4.69, 9.17) is 16.3 Å². The fourth-order valence-corrected chi connectivity index (χ4v) is 2.46. The van der Waals surface area contributed by atoms with Gasteiger partial charge in [-0.05, 0) is 30.0 Å². The van der Waals surface area contributed by atoms with Crippen LogP contribution in [0.1, 0.15) is 31.7 Å². The van der Waals surface area contributed by atoms with Crippen LogP contribution in [-0.2, 0) is 4.79 Å². The normalized spacial score (nSPS) is 13.2. The Morgan fingerprint density at radius 3 is 2.43 bits per heavy atom. The molecular formula is C19H22ClNO2. The Kier molecular flexibility index (Phi) is 6.48. The second-order valence-electron chi connectivity index (χ2n) is 5.50. The minimum absolute atomic E-state index is 0.116. The summed E-state index contributed by atoms with van der Waals surface area (Å²) in [4.78, 5) is 12.3. The zero-order valence-electron chi connectivity index (χ0n) is 13.5. The molecule has 0 aromatic heterocycles. The van der Waals surface area contributed by atoms with Crippen LogP contribution in [0.25, 0.3) is 0 Å². The molecule has 0 aliphatic heterocycles. The van der Waals surface area contributed by atoms with E-state index in [9.17, 15) is 4.79 Å². The number of benzene rings is 2. The zero-order valence-corrected chi connectivity index (χ0v) is 14.2. The summed E-state index contributed by atoms with van der Waals surface area (Å²) in [6, 6.07) is 17.3. The average Bonchev–Trinajstić information content (AvgIpc) is 2.59. The summed E-state index contributed by atoms with van der Waals surface area (Å²) < 4.78 is 5.75. The minimum atomic E-state index is -0.544. The molecule has 0 fully saturated rings. The second kappa shape index (κ2) is 8.59. The predicted octanol–water partition coefficient (Wildman–Crippen LogP) is 4.42. The zero-order chi connectivity index (χ0) is 16.7. The molecule has 1 N–H and O–H groups in total. The van der Waals surface area contributed by atoms with Crippen molar-refractivity contribution in [2.75, 3.05) is 6.54 Å². The van der Waals surface area contributed by atoms with E-state index in [1.54, 1.807) is 12.1 Å². The van der Waals surface area contributed by atoms with Crippen molar-refractivity contribution in [3.8, 4) is 5.75 Å². The molecule has 2 rings (SSSR count). The summed E-state index contributed by atoms with van der Waals surface area (Å²) in [6.07, 6.45) is 0.0365. The van der Waals surface area contributed by atoms with Crippen LogP contribution in [-0.4, -0.2) is 18.6 Å². The molecule has 0 unspecified atom stereocenters. The van der Waals surface area contributed by atoms with Gasteiger partial charge >= 0.3 is 0 Å². The number of amides is 1. The third-order valence-corrected chi connectivity index (χ3v) is 4.03. The molecule has 0 saturated heterocycles. The molecule has 3 nitrogen and oxygen atoms in total. The molecule has 0 heterocycles. The standard InChI is InChI=1S/C19H22ClNO2/c1-3-17(23-18-12-8-7-11-16(18)20)19(22)21-13-14(2)15-9-5-4-6-10-15/h4-12,14,17H,3,13H2,1-2H3,(H,21,22)/t14-,17-/m0/s1. The van der Waals surface area contributed by atoms with Crippen LogP contribution in [0.3, 0.4) is 0 Å². The Morgan fingerprint density at radius 2 is 1.78 bits per heavy atom. The van der Waals surface area contributed by atoms with E-state index in [0.717, 1.165) is 0 Å². The Balaban J connectivity index is 1.91. The number of para-hydroxylation sites is 1. The van der Waals surface area contributed by atoms with Crippen molar-refractivity contribution in [1.29, 1.82) is 0 Å². The first-order chi connectivity index (χ1) is 11.1. The van der Waals surface area contributed by atoms with E-state index >= 15 is 0 Å². The molecule has 0 bridgehead atoms. The van der Waals surface area contributed by atoms with Gasteiger partial charge in [0.25, 0.3) is 5.91 Å². The van der Waals surface area contributed by atoms with Gasteiger partial charge in [0, 0.05) is 6.54 Å². The van der Waals surface area contributed by atoms with Crippen molar-refractivity contribution in [2.45, 2.75) is 32.3 Å². The van der Waals surface area contributed by atoms with E-state index < -0.39 is 6.10 Å². The molecule has 2 aromatic rings. The van der Waals surface area contributed by atoms with E-state index in [0.29, 0.717) is 23.7 Å². The molecule has 1 amide bonds. The topological polar surface area (TPSA) is 38.3 Å². The number of nitrogens with one attached hydrogen (secondary N) is 1. The molecule has 122 valence electrons. The molecular weight excluding hydrogens is 310 g/mol. The lowest BCUT2D eigenvalue weighted by Gasteiger charge is -2.19. The maximum Gasteiger partial charge on any atom is 0.261 e. The molecule has 0 aliphatic rings. The Morgan fingerprint density at radius 1 is 1.13 bits per heavy atom. The third-order valence-electron chi connectivity index (χ3n) is 3.72. The van der Waals surface area contributed by atoms with Crippen LogP contribution < -0.4 is 10.1 Å². The first-order valence-electron chi connectivity index (χ1n) is 7.85. The Hall–Kier alpha value is -2.00.